The number of benzene rings is 1. The molecule has 1 amide bonds. The third kappa shape index (κ3) is 3.32. The van der Waals surface area contributed by atoms with E-state index in [9.17, 15) is 4.79 Å². The van der Waals surface area contributed by atoms with Crippen molar-refractivity contribution in [1.29, 1.82) is 0 Å². The molecule has 0 saturated carbocycles. The van der Waals surface area contributed by atoms with E-state index in [1.54, 1.807) is 6.20 Å². The van der Waals surface area contributed by atoms with Crippen LogP contribution in [-0.2, 0) is 18.5 Å². The number of anilines is 1. The lowest BCUT2D eigenvalue weighted by Crippen LogP contribution is -2.41. The average molecular weight is 388 g/mol. The highest BCUT2D eigenvalue weighted by Gasteiger charge is 2.26. The summed E-state index contributed by atoms with van der Waals surface area (Å²) in [5.41, 5.74) is 2.27. The molecule has 1 saturated heterocycles. The highest BCUT2D eigenvalue weighted by molar-refractivity contribution is 7.71. The molecule has 1 fully saturated rings. The maximum absolute atomic E-state index is 12.5. The van der Waals surface area contributed by atoms with Crippen molar-refractivity contribution < 1.29 is 4.79 Å². The fourth-order valence-corrected chi connectivity index (χ4v) is 4.38. The van der Waals surface area contributed by atoms with Crippen LogP contribution in [-0.4, -0.2) is 38.0 Å². The topological polar surface area (TPSA) is 55.1 Å². The molecule has 26 heavy (non-hydrogen) atoms. The third-order valence-corrected chi connectivity index (χ3v) is 6.11. The van der Waals surface area contributed by atoms with Crippen LogP contribution in [0, 0.1) is 10.7 Å². The van der Waals surface area contributed by atoms with Crippen LogP contribution in [0.25, 0.3) is 11.0 Å². The molecule has 1 aliphatic heterocycles. The molecule has 0 aliphatic carbocycles. The van der Waals surface area contributed by atoms with Gasteiger partial charge in [0.2, 0.25) is 5.91 Å². The molecule has 1 aromatic carbocycles. The number of likely N-dealkylation sites (tertiary alicyclic amines) is 1. The monoisotopic (exact) mass is 387 g/mol. The van der Waals surface area contributed by atoms with Gasteiger partial charge in [-0.1, -0.05) is 12.1 Å². The van der Waals surface area contributed by atoms with Crippen LogP contribution in [0.15, 0.2) is 35.8 Å². The van der Waals surface area contributed by atoms with Gasteiger partial charge in [-0.3, -0.25) is 9.69 Å². The van der Waals surface area contributed by atoms with E-state index in [0.29, 0.717) is 11.8 Å². The van der Waals surface area contributed by atoms with Crippen molar-refractivity contribution >= 4 is 45.6 Å². The summed E-state index contributed by atoms with van der Waals surface area (Å²) in [6.07, 6.45) is 3.62. The van der Waals surface area contributed by atoms with Crippen molar-refractivity contribution in [3.8, 4) is 0 Å². The van der Waals surface area contributed by atoms with Gasteiger partial charge in [0.25, 0.3) is 0 Å². The molecule has 8 heteroatoms. The predicted octanol–water partition coefficient (Wildman–Crippen LogP) is 3.47. The smallest absolute Gasteiger partial charge is 0.230 e. The number of carbonyl (C=O) groups excluding carboxylic acids is 1. The van der Waals surface area contributed by atoms with E-state index in [4.69, 9.17) is 12.2 Å². The van der Waals surface area contributed by atoms with Gasteiger partial charge in [0, 0.05) is 25.2 Å². The molecule has 0 spiro atoms. The number of aryl methyl sites for hydroxylation is 1. The summed E-state index contributed by atoms with van der Waals surface area (Å²) in [5.74, 6) is 0.0444. The molecule has 1 atom stereocenters. The number of fused-ring (bicyclic) bond motifs is 1. The summed E-state index contributed by atoms with van der Waals surface area (Å²) in [5, 5.41) is 5.47. The van der Waals surface area contributed by atoms with Gasteiger partial charge in [0.05, 0.1) is 23.6 Å². The number of rotatable bonds is 4. The van der Waals surface area contributed by atoms with Crippen LogP contribution in [0.5, 0.6) is 0 Å². The van der Waals surface area contributed by atoms with Gasteiger partial charge in [-0.05, 0) is 43.7 Å². The molecule has 1 unspecified atom stereocenters. The van der Waals surface area contributed by atoms with Gasteiger partial charge in [0.15, 0.2) is 9.90 Å². The SMILES string of the molecule is Cn1c(=S)n(CN2CCCC(C(=O)Nc3nccs3)C2)c2ccccc21. The van der Waals surface area contributed by atoms with Crippen LogP contribution >= 0.6 is 23.6 Å². The average Bonchev–Trinajstić information content (AvgIpc) is 3.25. The minimum Gasteiger partial charge on any atom is -0.320 e. The number of hydrogen-bond acceptors (Lipinski definition) is 5. The summed E-state index contributed by atoms with van der Waals surface area (Å²) >= 11 is 7.08. The first-order valence-electron chi connectivity index (χ1n) is 8.70. The zero-order valence-electron chi connectivity index (χ0n) is 14.6. The molecular formula is C18H21N5OS2. The van der Waals surface area contributed by atoms with Gasteiger partial charge < -0.3 is 14.5 Å². The number of aromatic nitrogens is 3. The maximum atomic E-state index is 12.5. The zero-order valence-corrected chi connectivity index (χ0v) is 16.2. The number of para-hydroxylation sites is 2. The first-order valence-corrected chi connectivity index (χ1v) is 9.99. The number of nitrogens with zero attached hydrogens (tertiary/aromatic N) is 4. The Morgan fingerprint density at radius 1 is 1.38 bits per heavy atom. The second-order valence-corrected chi connectivity index (χ2v) is 7.90. The second-order valence-electron chi connectivity index (χ2n) is 6.64. The molecule has 136 valence electrons. The molecular weight excluding hydrogens is 366 g/mol. The largest absolute Gasteiger partial charge is 0.320 e. The lowest BCUT2D eigenvalue weighted by Gasteiger charge is -2.32. The van der Waals surface area contributed by atoms with E-state index < -0.39 is 0 Å². The Labute approximate surface area is 161 Å². The Morgan fingerprint density at radius 2 is 2.19 bits per heavy atom. The summed E-state index contributed by atoms with van der Waals surface area (Å²) < 4.78 is 5.01. The van der Waals surface area contributed by atoms with E-state index in [1.165, 1.54) is 11.3 Å². The first kappa shape index (κ1) is 17.4. The van der Waals surface area contributed by atoms with Crippen molar-refractivity contribution in [1.82, 2.24) is 19.0 Å². The van der Waals surface area contributed by atoms with Crippen molar-refractivity contribution in [2.45, 2.75) is 19.5 Å². The second kappa shape index (κ2) is 7.30. The fourth-order valence-electron chi connectivity index (χ4n) is 3.59. The van der Waals surface area contributed by atoms with Crippen LogP contribution in [0.1, 0.15) is 12.8 Å². The lowest BCUT2D eigenvalue weighted by atomic mass is 9.97. The molecule has 4 rings (SSSR count). The third-order valence-electron chi connectivity index (χ3n) is 4.93. The molecule has 2 aromatic heterocycles. The van der Waals surface area contributed by atoms with E-state index >= 15 is 0 Å². The van der Waals surface area contributed by atoms with Crippen molar-refractivity contribution in [2.75, 3.05) is 18.4 Å². The number of piperidine rings is 1. The molecule has 1 aliphatic rings. The van der Waals surface area contributed by atoms with E-state index in [0.717, 1.165) is 41.7 Å². The van der Waals surface area contributed by atoms with Gasteiger partial charge in [0.1, 0.15) is 0 Å². The Kier molecular flexibility index (Phi) is 4.88. The minimum absolute atomic E-state index is 0.0169. The highest BCUT2D eigenvalue weighted by Crippen LogP contribution is 2.22. The summed E-state index contributed by atoms with van der Waals surface area (Å²) in [6, 6.07) is 8.25. The van der Waals surface area contributed by atoms with Crippen molar-refractivity contribution in [3.05, 3.63) is 40.6 Å². The number of amides is 1. The molecule has 3 heterocycles. The molecule has 0 radical (unpaired) electrons. The summed E-state index contributed by atoms with van der Waals surface area (Å²) in [7, 11) is 2.00. The van der Waals surface area contributed by atoms with E-state index in [-0.39, 0.29) is 11.8 Å². The number of imidazole rings is 1. The predicted molar refractivity (Wildman–Crippen MR) is 107 cm³/mol. The van der Waals surface area contributed by atoms with E-state index in [1.807, 2.05) is 29.1 Å². The summed E-state index contributed by atoms with van der Waals surface area (Å²) in [4.78, 5) is 19.0. The molecule has 3 aromatic rings. The van der Waals surface area contributed by atoms with Gasteiger partial charge in [-0.25, -0.2) is 4.98 Å². The maximum Gasteiger partial charge on any atom is 0.230 e. The number of nitrogens with one attached hydrogen (secondary N) is 1. The number of hydrogen-bond donors (Lipinski definition) is 1. The molecule has 0 bridgehead atoms. The highest BCUT2D eigenvalue weighted by atomic mass is 32.1. The van der Waals surface area contributed by atoms with Crippen molar-refractivity contribution in [2.24, 2.45) is 13.0 Å². The molecule has 6 nitrogen and oxygen atoms in total. The zero-order chi connectivity index (χ0) is 18.1. The number of thiazole rings is 1. The lowest BCUT2D eigenvalue weighted by molar-refractivity contribution is -0.121. The summed E-state index contributed by atoms with van der Waals surface area (Å²) in [6.45, 7) is 2.43. The van der Waals surface area contributed by atoms with Crippen LogP contribution < -0.4 is 5.32 Å². The Hall–Kier alpha value is -2.03. The normalized spacial score (nSPS) is 18.3. The van der Waals surface area contributed by atoms with Crippen LogP contribution in [0.2, 0.25) is 0 Å². The van der Waals surface area contributed by atoms with Crippen LogP contribution in [0.3, 0.4) is 0 Å². The van der Waals surface area contributed by atoms with Crippen molar-refractivity contribution in [3.63, 3.8) is 0 Å². The Bertz CT molecular complexity index is 975. The molecule has 1 N–H and O–H groups in total. The van der Waals surface area contributed by atoms with Gasteiger partial charge in [-0.15, -0.1) is 11.3 Å². The van der Waals surface area contributed by atoms with Gasteiger partial charge in [-0.2, -0.15) is 0 Å². The quantitative estimate of drug-likeness (QED) is 0.697. The Morgan fingerprint density at radius 3 is 2.96 bits per heavy atom. The fraction of sp³-hybridized carbons (Fsp3) is 0.389. The van der Waals surface area contributed by atoms with Gasteiger partial charge >= 0.3 is 0 Å². The first-order chi connectivity index (χ1) is 12.6. The minimum atomic E-state index is -0.0169. The van der Waals surface area contributed by atoms with Crippen LogP contribution in [0.4, 0.5) is 5.13 Å². The standard InChI is InChI=1S/C18H21N5OS2/c1-21-14-6-2-3-7-15(14)23(18(21)25)12-22-9-4-5-13(11-22)16(24)20-17-19-8-10-26-17/h2-3,6-8,10,13H,4-5,9,11-12H2,1H3,(H,19,20,24). The Balaban J connectivity index is 1.50. The number of carbonyl (C=O) groups is 1. The van der Waals surface area contributed by atoms with E-state index in [2.05, 4.69) is 31.9 Å².